The highest BCUT2D eigenvalue weighted by molar-refractivity contribution is 6.31. The molecule has 1 aliphatic carbocycles. The number of hydrogen-bond donors (Lipinski definition) is 1. The third-order valence-electron chi connectivity index (χ3n) is 8.10. The predicted molar refractivity (Wildman–Crippen MR) is 144 cm³/mol. The van der Waals surface area contributed by atoms with Crippen molar-refractivity contribution in [1.29, 1.82) is 0 Å². The number of rotatable bonds is 7. The van der Waals surface area contributed by atoms with Gasteiger partial charge in [-0.25, -0.2) is 0 Å². The van der Waals surface area contributed by atoms with Gasteiger partial charge in [0.15, 0.2) is 5.43 Å². The molecule has 1 aliphatic heterocycles. The summed E-state index contributed by atoms with van der Waals surface area (Å²) in [6, 6.07) is 6.55. The van der Waals surface area contributed by atoms with Crippen molar-refractivity contribution in [3.05, 3.63) is 61.5 Å². The molecule has 1 aromatic carbocycles. The summed E-state index contributed by atoms with van der Waals surface area (Å²) in [6.07, 6.45) is 6.62. The number of carbonyl (C=O) groups excluding carboxylic acids is 1. The molecule has 0 bridgehead atoms. The van der Waals surface area contributed by atoms with Gasteiger partial charge in [-0.05, 0) is 91.1 Å². The van der Waals surface area contributed by atoms with Gasteiger partial charge in [0.25, 0.3) is 5.91 Å². The van der Waals surface area contributed by atoms with Gasteiger partial charge in [-0.15, -0.1) is 0 Å². The van der Waals surface area contributed by atoms with E-state index in [0.717, 1.165) is 61.4 Å². The van der Waals surface area contributed by atoms with Crippen LogP contribution in [0.25, 0.3) is 0 Å². The van der Waals surface area contributed by atoms with E-state index in [9.17, 15) is 9.59 Å². The number of anilines is 1. The van der Waals surface area contributed by atoms with Gasteiger partial charge in [0.05, 0.1) is 0 Å². The first-order valence-corrected chi connectivity index (χ1v) is 13.3. The van der Waals surface area contributed by atoms with Gasteiger partial charge < -0.3 is 19.7 Å². The van der Waals surface area contributed by atoms with Crippen LogP contribution in [0.1, 0.15) is 71.9 Å². The maximum atomic E-state index is 13.3. The lowest BCUT2D eigenvalue weighted by molar-refractivity contribution is 0.0950. The minimum Gasteiger partial charge on any atom is -0.369 e. The molecule has 0 atom stereocenters. The van der Waals surface area contributed by atoms with Crippen molar-refractivity contribution in [3.8, 4) is 0 Å². The largest absolute Gasteiger partial charge is 0.369 e. The molecule has 0 radical (unpaired) electrons. The van der Waals surface area contributed by atoms with E-state index in [4.69, 9.17) is 11.6 Å². The van der Waals surface area contributed by atoms with Gasteiger partial charge in [0.1, 0.15) is 0 Å². The third-order valence-corrected chi connectivity index (χ3v) is 8.32. The van der Waals surface area contributed by atoms with E-state index in [2.05, 4.69) is 40.7 Å². The number of fused-ring (bicyclic) bond motifs is 1. The van der Waals surface area contributed by atoms with Gasteiger partial charge in [-0.1, -0.05) is 11.6 Å². The summed E-state index contributed by atoms with van der Waals surface area (Å²) < 4.78 is 2.20. The summed E-state index contributed by atoms with van der Waals surface area (Å²) in [7, 11) is 4.32. The van der Waals surface area contributed by atoms with Gasteiger partial charge in [0.2, 0.25) is 0 Å². The van der Waals surface area contributed by atoms with Crippen molar-refractivity contribution in [2.24, 2.45) is 0 Å². The standard InChI is InChI=1S/C28H39ClN4O2/c1-6-32(22-11-9-21(10-12-22)31(4)5)26-15-20(29)14-24(18(26)2)28(35)30-17-25-19(3)33-13-7-8-23(33)16-27(25)34/h14-16,21-22H,6-13,17H2,1-5H3,(H,30,35)/t21-,22-. The lowest BCUT2D eigenvalue weighted by atomic mass is 9.89. The molecule has 2 heterocycles. The number of nitrogens with zero attached hydrogens (tertiary/aromatic N) is 3. The minimum absolute atomic E-state index is 0.00457. The Kier molecular flexibility index (Phi) is 7.92. The fourth-order valence-electron chi connectivity index (χ4n) is 6.00. The smallest absolute Gasteiger partial charge is 0.251 e. The topological polar surface area (TPSA) is 57.6 Å². The van der Waals surface area contributed by atoms with Crippen LogP contribution in [0.3, 0.4) is 0 Å². The molecule has 6 nitrogen and oxygen atoms in total. The summed E-state index contributed by atoms with van der Waals surface area (Å²) in [5.74, 6) is -0.192. The fourth-order valence-corrected chi connectivity index (χ4v) is 6.21. The zero-order valence-corrected chi connectivity index (χ0v) is 22.5. The number of halogens is 1. The normalized spacial score (nSPS) is 19.6. The number of aromatic nitrogens is 1. The molecule has 1 N–H and O–H groups in total. The highest BCUT2D eigenvalue weighted by atomic mass is 35.5. The van der Waals surface area contributed by atoms with E-state index < -0.39 is 0 Å². The lowest BCUT2D eigenvalue weighted by Crippen LogP contribution is -2.42. The molecule has 4 rings (SSSR count). The SMILES string of the molecule is CCN(c1cc(Cl)cc(C(=O)NCc2c(C)n3c(cc2=O)CCC3)c1C)[C@H]1CC[C@H](N(C)C)CC1. The zero-order valence-electron chi connectivity index (χ0n) is 21.8. The quantitative estimate of drug-likeness (QED) is 0.601. The highest BCUT2D eigenvalue weighted by Crippen LogP contribution is 2.34. The summed E-state index contributed by atoms with van der Waals surface area (Å²) in [5.41, 5.74) is 5.27. The predicted octanol–water partition coefficient (Wildman–Crippen LogP) is 4.69. The second kappa shape index (κ2) is 10.8. The molecule has 190 valence electrons. The molecule has 1 amide bonds. The van der Waals surface area contributed by atoms with Crippen LogP contribution in [0.15, 0.2) is 23.0 Å². The second-order valence-corrected chi connectivity index (χ2v) is 10.7. The molecule has 0 unspecified atom stereocenters. The lowest BCUT2D eigenvalue weighted by Gasteiger charge is -2.40. The second-order valence-electron chi connectivity index (χ2n) is 10.3. The molecule has 0 spiro atoms. The van der Waals surface area contributed by atoms with E-state index in [1.807, 2.05) is 19.9 Å². The third kappa shape index (κ3) is 5.29. The number of benzene rings is 1. The van der Waals surface area contributed by atoms with E-state index in [-0.39, 0.29) is 17.9 Å². The Hall–Kier alpha value is -2.31. The van der Waals surface area contributed by atoms with Crippen LogP contribution >= 0.6 is 11.6 Å². The van der Waals surface area contributed by atoms with Crippen LogP contribution in [0.2, 0.25) is 5.02 Å². The van der Waals surface area contributed by atoms with Crippen molar-refractivity contribution >= 4 is 23.2 Å². The Morgan fingerprint density at radius 2 is 1.80 bits per heavy atom. The van der Waals surface area contributed by atoms with Crippen LogP contribution in [0.4, 0.5) is 5.69 Å². The monoisotopic (exact) mass is 498 g/mol. The Bertz CT molecular complexity index is 1150. The van der Waals surface area contributed by atoms with Crippen molar-refractivity contribution in [2.75, 3.05) is 25.5 Å². The van der Waals surface area contributed by atoms with E-state index in [1.165, 1.54) is 12.8 Å². The summed E-state index contributed by atoms with van der Waals surface area (Å²) >= 11 is 6.54. The van der Waals surface area contributed by atoms with Crippen molar-refractivity contribution in [2.45, 2.75) is 84.5 Å². The maximum Gasteiger partial charge on any atom is 0.251 e. The Labute approximate surface area is 214 Å². The summed E-state index contributed by atoms with van der Waals surface area (Å²) in [5, 5.41) is 3.56. The van der Waals surface area contributed by atoms with Gasteiger partial charge in [-0.3, -0.25) is 9.59 Å². The fraction of sp³-hybridized carbons (Fsp3) is 0.571. The van der Waals surface area contributed by atoms with Crippen molar-refractivity contribution in [1.82, 2.24) is 14.8 Å². The van der Waals surface area contributed by atoms with Crippen molar-refractivity contribution < 1.29 is 4.79 Å². The molecule has 35 heavy (non-hydrogen) atoms. The molecule has 2 aliphatic rings. The van der Waals surface area contributed by atoms with Gasteiger partial charge in [0, 0.05) is 71.0 Å². The number of nitrogens with one attached hydrogen (secondary N) is 1. The zero-order chi connectivity index (χ0) is 25.3. The average molecular weight is 499 g/mol. The Morgan fingerprint density at radius 1 is 1.11 bits per heavy atom. The van der Waals surface area contributed by atoms with E-state index >= 15 is 0 Å². The summed E-state index contributed by atoms with van der Waals surface area (Å²) in [6.45, 7) is 8.17. The average Bonchev–Trinajstić information content (AvgIpc) is 3.30. The minimum atomic E-state index is -0.192. The maximum absolute atomic E-state index is 13.3. The molecule has 1 aromatic heterocycles. The molecule has 7 heteroatoms. The van der Waals surface area contributed by atoms with Gasteiger partial charge >= 0.3 is 0 Å². The first-order valence-electron chi connectivity index (χ1n) is 12.9. The van der Waals surface area contributed by atoms with E-state index in [0.29, 0.717) is 28.2 Å². The van der Waals surface area contributed by atoms with Crippen LogP contribution < -0.4 is 15.6 Å². The molecule has 2 aromatic rings. The van der Waals surface area contributed by atoms with E-state index in [1.54, 1.807) is 12.1 Å². The number of hydrogen-bond acceptors (Lipinski definition) is 4. The molecule has 1 fully saturated rings. The molecule has 0 saturated heterocycles. The van der Waals surface area contributed by atoms with Crippen LogP contribution in [-0.2, 0) is 19.5 Å². The summed E-state index contributed by atoms with van der Waals surface area (Å²) in [4.78, 5) is 30.7. The first-order chi connectivity index (χ1) is 16.7. The van der Waals surface area contributed by atoms with Crippen molar-refractivity contribution in [3.63, 3.8) is 0 Å². The Morgan fingerprint density at radius 3 is 2.46 bits per heavy atom. The van der Waals surface area contributed by atoms with Crippen LogP contribution in [0, 0.1) is 13.8 Å². The van der Waals surface area contributed by atoms with Crippen LogP contribution in [-0.4, -0.2) is 48.1 Å². The first kappa shape index (κ1) is 25.8. The Balaban J connectivity index is 1.54. The van der Waals surface area contributed by atoms with Crippen LogP contribution in [0.5, 0.6) is 0 Å². The molecular formula is C28H39ClN4O2. The van der Waals surface area contributed by atoms with Gasteiger partial charge in [-0.2, -0.15) is 0 Å². The molecule has 1 saturated carbocycles. The number of pyridine rings is 1. The number of aryl methyl sites for hydroxylation is 1. The highest BCUT2D eigenvalue weighted by Gasteiger charge is 2.28. The number of carbonyl (C=O) groups is 1. The molecular weight excluding hydrogens is 460 g/mol. The number of amides is 1.